The van der Waals surface area contributed by atoms with Crippen LogP contribution in [0.2, 0.25) is 0 Å². The molecule has 1 aromatic carbocycles. The van der Waals surface area contributed by atoms with Crippen LogP contribution in [0, 0.1) is 0 Å². The van der Waals surface area contributed by atoms with Crippen LogP contribution in [0.5, 0.6) is 0 Å². The maximum atomic E-state index is 12.5. The van der Waals surface area contributed by atoms with Gasteiger partial charge in [-0.1, -0.05) is 15.9 Å². The molecule has 0 spiro atoms. The van der Waals surface area contributed by atoms with E-state index < -0.39 is 9.84 Å². The number of tetrazole rings is 1. The van der Waals surface area contributed by atoms with Gasteiger partial charge in [0, 0.05) is 22.6 Å². The molecule has 1 aliphatic rings. The van der Waals surface area contributed by atoms with Gasteiger partial charge in [0.2, 0.25) is 11.7 Å². The van der Waals surface area contributed by atoms with E-state index in [4.69, 9.17) is 0 Å². The van der Waals surface area contributed by atoms with Crippen molar-refractivity contribution in [3.8, 4) is 11.4 Å². The van der Waals surface area contributed by atoms with Crippen LogP contribution in [-0.2, 0) is 21.2 Å². The highest BCUT2D eigenvalue weighted by Crippen LogP contribution is 2.19. The summed E-state index contributed by atoms with van der Waals surface area (Å²) >= 11 is 3.37. The molecule has 1 aromatic heterocycles. The van der Waals surface area contributed by atoms with Gasteiger partial charge < -0.3 is 4.90 Å². The summed E-state index contributed by atoms with van der Waals surface area (Å²) in [6, 6.07) is 7.20. The Labute approximate surface area is 154 Å². The quantitative estimate of drug-likeness (QED) is 0.709. The van der Waals surface area contributed by atoms with E-state index in [2.05, 4.69) is 31.3 Å². The molecule has 1 atom stereocenters. The number of carbonyl (C=O) groups excluding carboxylic acids is 1. The Morgan fingerprint density at radius 3 is 2.68 bits per heavy atom. The molecule has 0 saturated carbocycles. The van der Waals surface area contributed by atoms with Crippen LogP contribution < -0.4 is 0 Å². The molecule has 134 valence electrons. The first-order valence-electron chi connectivity index (χ1n) is 7.91. The van der Waals surface area contributed by atoms with E-state index in [1.807, 2.05) is 31.2 Å². The summed E-state index contributed by atoms with van der Waals surface area (Å²) in [5, 5.41) is 12.1. The molecule has 10 heteroatoms. The average molecular weight is 428 g/mol. The van der Waals surface area contributed by atoms with Crippen molar-refractivity contribution in [3.63, 3.8) is 0 Å². The maximum Gasteiger partial charge on any atom is 0.246 e. The molecule has 1 saturated heterocycles. The van der Waals surface area contributed by atoms with Crippen LogP contribution >= 0.6 is 15.9 Å². The molecule has 0 bridgehead atoms. The van der Waals surface area contributed by atoms with Crippen LogP contribution in [0.25, 0.3) is 11.4 Å². The number of rotatable bonds is 5. The summed E-state index contributed by atoms with van der Waals surface area (Å²) in [4.78, 5) is 15.4. The van der Waals surface area contributed by atoms with E-state index in [1.54, 1.807) is 4.90 Å². The lowest BCUT2D eigenvalue weighted by Gasteiger charge is -2.26. The summed E-state index contributed by atoms with van der Waals surface area (Å²) in [5.74, 6) is 0.397. The lowest BCUT2D eigenvalue weighted by atomic mass is 10.2. The largest absolute Gasteiger partial charge is 0.337 e. The predicted octanol–water partition coefficient (Wildman–Crippen LogP) is 1.14. The normalized spacial score (nSPS) is 19.0. The molecule has 1 amide bonds. The van der Waals surface area contributed by atoms with Gasteiger partial charge in [-0.2, -0.15) is 4.80 Å². The lowest BCUT2D eigenvalue weighted by Crippen LogP contribution is -2.42. The van der Waals surface area contributed by atoms with Crippen LogP contribution in [0.1, 0.15) is 13.3 Å². The molecule has 2 aromatic rings. The van der Waals surface area contributed by atoms with Crippen molar-refractivity contribution < 1.29 is 13.2 Å². The van der Waals surface area contributed by atoms with E-state index in [9.17, 15) is 13.2 Å². The second-order valence-electron chi connectivity index (χ2n) is 5.89. The highest BCUT2D eigenvalue weighted by molar-refractivity contribution is 9.10. The number of nitrogens with zero attached hydrogens (tertiary/aromatic N) is 5. The van der Waals surface area contributed by atoms with Crippen molar-refractivity contribution in [2.24, 2.45) is 0 Å². The summed E-state index contributed by atoms with van der Waals surface area (Å²) in [6.07, 6.45) is 0.483. The van der Waals surface area contributed by atoms with Gasteiger partial charge in [-0.05, 0) is 42.8 Å². The van der Waals surface area contributed by atoms with Crippen molar-refractivity contribution >= 4 is 31.7 Å². The minimum atomic E-state index is -3.04. The number of carbonyl (C=O) groups is 1. The molecule has 25 heavy (non-hydrogen) atoms. The Kier molecular flexibility index (Phi) is 5.19. The van der Waals surface area contributed by atoms with E-state index >= 15 is 0 Å². The smallest absolute Gasteiger partial charge is 0.246 e. The van der Waals surface area contributed by atoms with Crippen LogP contribution in [0.15, 0.2) is 28.7 Å². The number of halogens is 1. The fourth-order valence-electron chi connectivity index (χ4n) is 2.90. The Balaban J connectivity index is 1.69. The van der Waals surface area contributed by atoms with Gasteiger partial charge in [0.15, 0.2) is 9.84 Å². The van der Waals surface area contributed by atoms with Crippen molar-refractivity contribution in [2.75, 3.05) is 18.1 Å². The van der Waals surface area contributed by atoms with E-state index in [1.165, 1.54) is 4.80 Å². The number of amides is 1. The van der Waals surface area contributed by atoms with Gasteiger partial charge >= 0.3 is 0 Å². The molecular weight excluding hydrogens is 410 g/mol. The summed E-state index contributed by atoms with van der Waals surface area (Å²) < 4.78 is 24.2. The first kappa shape index (κ1) is 18.0. The van der Waals surface area contributed by atoms with Gasteiger partial charge in [-0.15, -0.1) is 10.2 Å². The highest BCUT2D eigenvalue weighted by Gasteiger charge is 2.34. The zero-order valence-electron chi connectivity index (χ0n) is 13.7. The molecule has 1 unspecified atom stereocenters. The maximum absolute atomic E-state index is 12.5. The van der Waals surface area contributed by atoms with Crippen molar-refractivity contribution in [1.29, 1.82) is 0 Å². The number of aromatic nitrogens is 4. The summed E-state index contributed by atoms with van der Waals surface area (Å²) in [5.41, 5.74) is 0.802. The average Bonchev–Trinajstić information content (AvgIpc) is 3.15. The molecule has 2 heterocycles. The Morgan fingerprint density at radius 2 is 2.08 bits per heavy atom. The van der Waals surface area contributed by atoms with Gasteiger partial charge in [0.25, 0.3) is 0 Å². The lowest BCUT2D eigenvalue weighted by molar-refractivity contribution is -0.133. The molecule has 1 aliphatic heterocycles. The van der Waals surface area contributed by atoms with E-state index in [0.29, 0.717) is 18.8 Å². The van der Waals surface area contributed by atoms with Gasteiger partial charge in [0.1, 0.15) is 6.54 Å². The Bertz CT molecular complexity index is 866. The number of hydrogen-bond donors (Lipinski definition) is 0. The van der Waals surface area contributed by atoms with E-state index in [0.717, 1.165) is 10.0 Å². The van der Waals surface area contributed by atoms with Crippen LogP contribution in [-0.4, -0.2) is 63.5 Å². The highest BCUT2D eigenvalue weighted by atomic mass is 79.9. The van der Waals surface area contributed by atoms with Gasteiger partial charge in [-0.25, -0.2) is 8.42 Å². The third kappa shape index (κ3) is 4.24. The second kappa shape index (κ2) is 7.20. The third-order valence-electron chi connectivity index (χ3n) is 4.14. The van der Waals surface area contributed by atoms with Crippen LogP contribution in [0.4, 0.5) is 0 Å². The molecule has 0 radical (unpaired) electrons. The standard InChI is InChI=1S/C15H18BrN5O3S/c1-2-20(13-7-8-25(23,24)10-13)14(22)9-21-18-15(17-19-21)11-3-5-12(16)6-4-11/h3-6,13H,2,7-10H2,1H3. The Morgan fingerprint density at radius 1 is 1.36 bits per heavy atom. The van der Waals surface area contributed by atoms with Crippen molar-refractivity contribution in [3.05, 3.63) is 28.7 Å². The van der Waals surface area contributed by atoms with Gasteiger partial charge in [0.05, 0.1) is 11.5 Å². The fourth-order valence-corrected chi connectivity index (χ4v) is 4.89. The zero-order valence-corrected chi connectivity index (χ0v) is 16.1. The minimum Gasteiger partial charge on any atom is -0.337 e. The molecule has 3 rings (SSSR count). The molecule has 8 nitrogen and oxygen atoms in total. The second-order valence-corrected chi connectivity index (χ2v) is 9.03. The zero-order chi connectivity index (χ0) is 18.0. The van der Waals surface area contributed by atoms with Gasteiger partial charge in [-0.3, -0.25) is 4.79 Å². The van der Waals surface area contributed by atoms with Crippen LogP contribution in [0.3, 0.4) is 0 Å². The molecule has 0 N–H and O–H groups in total. The first-order chi connectivity index (χ1) is 11.9. The predicted molar refractivity (Wildman–Crippen MR) is 95.4 cm³/mol. The summed E-state index contributed by atoms with van der Waals surface area (Å²) in [7, 11) is -3.04. The topological polar surface area (TPSA) is 98.1 Å². The first-order valence-corrected chi connectivity index (χ1v) is 10.5. The summed E-state index contributed by atoms with van der Waals surface area (Å²) in [6.45, 7) is 2.23. The number of benzene rings is 1. The number of sulfone groups is 1. The van der Waals surface area contributed by atoms with Crippen molar-refractivity contribution in [2.45, 2.75) is 25.9 Å². The molecule has 0 aliphatic carbocycles. The van der Waals surface area contributed by atoms with Crippen molar-refractivity contribution in [1.82, 2.24) is 25.1 Å². The number of hydrogen-bond acceptors (Lipinski definition) is 6. The Hall–Kier alpha value is -1.81. The fraction of sp³-hybridized carbons (Fsp3) is 0.467. The van der Waals surface area contributed by atoms with E-state index in [-0.39, 0.29) is 30.0 Å². The monoisotopic (exact) mass is 427 g/mol. The third-order valence-corrected chi connectivity index (χ3v) is 6.42. The SMILES string of the molecule is CCN(C(=O)Cn1nnc(-c2ccc(Br)cc2)n1)C1CCS(=O)(=O)C1. The minimum absolute atomic E-state index is 0.0293. The molecule has 1 fully saturated rings. The molecular formula is C15H18BrN5O3S. The number of likely N-dealkylation sites (N-methyl/N-ethyl adjacent to an activating group) is 1.